The lowest BCUT2D eigenvalue weighted by Gasteiger charge is -2.09. The van der Waals surface area contributed by atoms with Crippen molar-refractivity contribution in [1.82, 2.24) is 15.3 Å². The van der Waals surface area contributed by atoms with E-state index < -0.39 is 34.8 Å². The molecule has 0 atom stereocenters. The number of benzene rings is 1. The lowest BCUT2D eigenvalue weighted by Crippen LogP contribution is -2.28. The van der Waals surface area contributed by atoms with E-state index in [1.807, 2.05) is 0 Å². The van der Waals surface area contributed by atoms with Crippen LogP contribution in [0.15, 0.2) is 40.5 Å². The number of thiophene rings is 1. The van der Waals surface area contributed by atoms with Gasteiger partial charge in [-0.1, -0.05) is 18.2 Å². The highest BCUT2D eigenvalue weighted by Gasteiger charge is 2.20. The molecule has 2 amide bonds. The van der Waals surface area contributed by atoms with Gasteiger partial charge in [-0.05, 0) is 17.5 Å². The van der Waals surface area contributed by atoms with Gasteiger partial charge >= 0.3 is 12.0 Å². The molecule has 5 N–H and O–H groups in total. The molecule has 3 rings (SSSR count). The summed E-state index contributed by atoms with van der Waals surface area (Å²) in [7, 11) is 0. The zero-order chi connectivity index (χ0) is 20.3. The van der Waals surface area contributed by atoms with Crippen molar-refractivity contribution < 1.29 is 24.2 Å². The summed E-state index contributed by atoms with van der Waals surface area (Å²) in [5, 5.41) is 25.2. The Bertz CT molecular complexity index is 1110. The van der Waals surface area contributed by atoms with Crippen molar-refractivity contribution in [2.45, 2.75) is 6.54 Å². The normalized spacial score (nSPS) is 10.5. The number of H-pyrrole nitrogens is 1. The number of carboxylic acid groups (broad SMARTS) is 1. The molecule has 0 saturated carbocycles. The van der Waals surface area contributed by atoms with Gasteiger partial charge in [0, 0.05) is 12.1 Å². The van der Waals surface area contributed by atoms with Crippen LogP contribution in [0.2, 0.25) is 0 Å². The van der Waals surface area contributed by atoms with Gasteiger partial charge in [-0.25, -0.2) is 19.0 Å². The van der Waals surface area contributed by atoms with Gasteiger partial charge in [0.05, 0.1) is 10.6 Å². The average molecular weight is 404 g/mol. The number of amides is 2. The van der Waals surface area contributed by atoms with Gasteiger partial charge in [0.1, 0.15) is 5.82 Å². The quantitative estimate of drug-likeness (QED) is 0.441. The summed E-state index contributed by atoms with van der Waals surface area (Å²) >= 11 is 1.09. The largest absolute Gasteiger partial charge is 0.501 e. The van der Waals surface area contributed by atoms with E-state index in [0.29, 0.717) is 5.56 Å². The molecule has 144 valence electrons. The van der Waals surface area contributed by atoms with Crippen LogP contribution in [-0.2, 0) is 6.54 Å². The predicted molar refractivity (Wildman–Crippen MR) is 99.1 cm³/mol. The summed E-state index contributed by atoms with van der Waals surface area (Å²) in [5.41, 5.74) is -1.27. The van der Waals surface area contributed by atoms with Crippen LogP contribution >= 0.6 is 11.3 Å². The van der Waals surface area contributed by atoms with Crippen molar-refractivity contribution in [3.8, 4) is 16.5 Å². The predicted octanol–water partition coefficient (Wildman–Crippen LogP) is 2.36. The van der Waals surface area contributed by atoms with E-state index in [0.717, 1.165) is 11.3 Å². The minimum atomic E-state index is -1.57. The number of carbonyl (C=O) groups excluding carboxylic acids is 1. The molecule has 0 aliphatic carbocycles. The van der Waals surface area contributed by atoms with Gasteiger partial charge in [0.15, 0.2) is 11.5 Å². The maximum Gasteiger partial charge on any atom is 0.358 e. The third-order valence-electron chi connectivity index (χ3n) is 3.62. The van der Waals surface area contributed by atoms with Crippen LogP contribution < -0.4 is 16.2 Å². The Labute approximate surface area is 160 Å². The number of aromatic carboxylic acids is 1. The van der Waals surface area contributed by atoms with Crippen LogP contribution in [0.5, 0.6) is 5.75 Å². The first-order valence-electron chi connectivity index (χ1n) is 7.79. The standard InChI is InChI=1S/C17H13FN4O5S/c18-9-4-2-1-3-8(9)7-19-17(27)20-10-5-6-28-13(10)14-21-11(16(25)26)12(23)15(24)22-14/h1-6,23H,7H2,(H,25,26)(H2,19,20,27)(H,21,22,24). The fourth-order valence-corrected chi connectivity index (χ4v) is 3.09. The van der Waals surface area contributed by atoms with Crippen molar-refractivity contribution in [1.29, 1.82) is 0 Å². The van der Waals surface area contributed by atoms with Crippen molar-refractivity contribution in [3.05, 3.63) is 63.1 Å². The number of halogens is 1. The van der Waals surface area contributed by atoms with Gasteiger partial charge in [-0.3, -0.25) is 4.79 Å². The van der Waals surface area contributed by atoms with Gasteiger partial charge in [-0.15, -0.1) is 11.3 Å². The van der Waals surface area contributed by atoms with E-state index in [4.69, 9.17) is 5.11 Å². The number of anilines is 1. The van der Waals surface area contributed by atoms with E-state index in [9.17, 15) is 23.9 Å². The maximum atomic E-state index is 13.6. The summed E-state index contributed by atoms with van der Waals surface area (Å²) in [6, 6.07) is 6.87. The molecular weight excluding hydrogens is 391 g/mol. The monoisotopic (exact) mass is 404 g/mol. The van der Waals surface area contributed by atoms with Gasteiger partial charge < -0.3 is 25.8 Å². The second kappa shape index (κ2) is 7.88. The molecule has 3 aromatic rings. The Morgan fingerprint density at radius 2 is 2.00 bits per heavy atom. The Morgan fingerprint density at radius 3 is 2.71 bits per heavy atom. The molecule has 0 aliphatic heterocycles. The molecule has 9 nitrogen and oxygen atoms in total. The minimum absolute atomic E-state index is 0.0462. The number of aromatic amines is 1. The number of nitrogens with zero attached hydrogens (tertiary/aromatic N) is 1. The molecular formula is C17H13FN4O5S. The van der Waals surface area contributed by atoms with Crippen LogP contribution in [0.4, 0.5) is 14.9 Å². The highest BCUT2D eigenvalue weighted by molar-refractivity contribution is 7.14. The molecule has 0 saturated heterocycles. The molecule has 2 aromatic heterocycles. The summed E-state index contributed by atoms with van der Waals surface area (Å²) < 4.78 is 13.6. The summed E-state index contributed by atoms with van der Waals surface area (Å²) in [4.78, 5) is 41.2. The van der Waals surface area contributed by atoms with Crippen LogP contribution in [-0.4, -0.2) is 32.2 Å². The number of aromatic hydroxyl groups is 1. The number of urea groups is 1. The number of rotatable bonds is 5. The molecule has 28 heavy (non-hydrogen) atoms. The van der Waals surface area contributed by atoms with Gasteiger partial charge in [0.25, 0.3) is 5.56 Å². The van der Waals surface area contributed by atoms with Crippen molar-refractivity contribution >= 4 is 29.0 Å². The molecule has 0 aliphatic rings. The number of hydrogen-bond donors (Lipinski definition) is 5. The van der Waals surface area contributed by atoms with Crippen LogP contribution in [0, 0.1) is 5.82 Å². The van der Waals surface area contributed by atoms with Gasteiger partial charge in [0.2, 0.25) is 5.75 Å². The molecule has 0 unspecified atom stereocenters. The third-order valence-corrected chi connectivity index (χ3v) is 4.54. The zero-order valence-corrected chi connectivity index (χ0v) is 14.8. The molecule has 0 radical (unpaired) electrons. The highest BCUT2D eigenvalue weighted by Crippen LogP contribution is 2.31. The molecule has 0 bridgehead atoms. The lowest BCUT2D eigenvalue weighted by molar-refractivity contribution is 0.0686. The van der Waals surface area contributed by atoms with Crippen molar-refractivity contribution in [2.75, 3.05) is 5.32 Å². The minimum Gasteiger partial charge on any atom is -0.501 e. The average Bonchev–Trinajstić information content (AvgIpc) is 3.11. The van der Waals surface area contributed by atoms with Crippen LogP contribution in [0.25, 0.3) is 10.7 Å². The summed E-state index contributed by atoms with van der Waals surface area (Å²) in [6.07, 6.45) is 0. The number of carbonyl (C=O) groups is 2. The van der Waals surface area contributed by atoms with Gasteiger partial charge in [-0.2, -0.15) is 0 Å². The summed E-state index contributed by atoms with van der Waals surface area (Å²) in [5.74, 6) is -3.16. The highest BCUT2D eigenvalue weighted by atomic mass is 32.1. The van der Waals surface area contributed by atoms with E-state index in [-0.39, 0.29) is 22.9 Å². The molecule has 11 heteroatoms. The van der Waals surface area contributed by atoms with Crippen LogP contribution in [0.3, 0.4) is 0 Å². The molecule has 0 spiro atoms. The Hall–Kier alpha value is -3.73. The van der Waals surface area contributed by atoms with Crippen molar-refractivity contribution in [3.63, 3.8) is 0 Å². The van der Waals surface area contributed by atoms with Crippen molar-refractivity contribution in [2.24, 2.45) is 0 Å². The Kier molecular flexibility index (Phi) is 5.36. The first kappa shape index (κ1) is 19.0. The zero-order valence-electron chi connectivity index (χ0n) is 14.0. The summed E-state index contributed by atoms with van der Waals surface area (Å²) in [6.45, 7) is -0.0462. The molecule has 1 aromatic carbocycles. The third kappa shape index (κ3) is 3.99. The number of carboxylic acids is 1. The second-order valence-corrected chi connectivity index (χ2v) is 6.40. The number of nitrogens with one attached hydrogen (secondary N) is 3. The topological polar surface area (TPSA) is 144 Å². The fourth-order valence-electron chi connectivity index (χ4n) is 2.30. The van der Waals surface area contributed by atoms with Crippen LogP contribution in [0.1, 0.15) is 16.1 Å². The smallest absolute Gasteiger partial charge is 0.358 e. The maximum absolute atomic E-state index is 13.6. The Balaban J connectivity index is 1.79. The number of hydrogen-bond acceptors (Lipinski definition) is 6. The van der Waals surface area contributed by atoms with E-state index in [2.05, 4.69) is 20.6 Å². The van der Waals surface area contributed by atoms with E-state index >= 15 is 0 Å². The first-order chi connectivity index (χ1) is 13.4. The molecule has 0 fully saturated rings. The van der Waals surface area contributed by atoms with E-state index in [1.54, 1.807) is 11.4 Å². The fraction of sp³-hybridized carbons (Fsp3) is 0.0588. The second-order valence-electron chi connectivity index (χ2n) is 5.48. The molecule has 2 heterocycles. The van der Waals surface area contributed by atoms with E-state index in [1.165, 1.54) is 24.3 Å². The SMILES string of the molecule is O=C(NCc1ccccc1F)Nc1ccsc1-c1nc(C(=O)O)c(O)c(=O)[nH]1. The first-order valence-corrected chi connectivity index (χ1v) is 8.67. The number of aromatic nitrogens is 2. The lowest BCUT2D eigenvalue weighted by atomic mass is 10.2. The Morgan fingerprint density at radius 1 is 1.25 bits per heavy atom.